The van der Waals surface area contributed by atoms with Crippen LogP contribution < -0.4 is 0 Å². The molecule has 0 aliphatic carbocycles. The van der Waals surface area contributed by atoms with Crippen LogP contribution in [-0.4, -0.2) is 23.0 Å². The van der Waals surface area contributed by atoms with Gasteiger partial charge in [0.15, 0.2) is 0 Å². The Hall–Kier alpha value is -0.680. The van der Waals surface area contributed by atoms with Gasteiger partial charge in [-0.25, -0.2) is 8.78 Å². The summed E-state index contributed by atoms with van der Waals surface area (Å²) in [6.45, 7) is 1.26. The highest BCUT2D eigenvalue weighted by atomic mass is 35.5. The molecular weight excluding hydrogens is 226 g/mol. The van der Waals surface area contributed by atoms with E-state index in [2.05, 4.69) is 5.10 Å². The van der Waals surface area contributed by atoms with Gasteiger partial charge in [0.2, 0.25) is 0 Å². The fourth-order valence-electron chi connectivity index (χ4n) is 1.68. The second kappa shape index (κ2) is 4.45. The molecule has 1 aromatic heterocycles. The zero-order valence-corrected chi connectivity index (χ0v) is 8.75. The van der Waals surface area contributed by atoms with Crippen molar-refractivity contribution in [2.45, 2.75) is 25.3 Å². The van der Waals surface area contributed by atoms with Gasteiger partial charge in [0.05, 0.1) is 6.04 Å². The first kappa shape index (κ1) is 10.8. The van der Waals surface area contributed by atoms with Gasteiger partial charge in [-0.05, 0) is 12.8 Å². The molecule has 0 bridgehead atoms. The van der Waals surface area contributed by atoms with E-state index in [-0.39, 0.29) is 16.9 Å². The van der Waals surface area contributed by atoms with Gasteiger partial charge in [0, 0.05) is 19.3 Å². The number of halogens is 3. The number of rotatable bonds is 2. The quantitative estimate of drug-likeness (QED) is 0.790. The van der Waals surface area contributed by atoms with Crippen molar-refractivity contribution in [3.05, 3.63) is 16.9 Å². The molecule has 0 radical (unpaired) electrons. The summed E-state index contributed by atoms with van der Waals surface area (Å²) < 4.78 is 31.4. The van der Waals surface area contributed by atoms with Crippen molar-refractivity contribution in [2.75, 3.05) is 13.2 Å². The first-order chi connectivity index (χ1) is 7.18. The Kier molecular flexibility index (Phi) is 3.21. The van der Waals surface area contributed by atoms with E-state index in [4.69, 9.17) is 16.3 Å². The first-order valence-corrected chi connectivity index (χ1v) is 5.17. The van der Waals surface area contributed by atoms with Crippen LogP contribution in [0, 0.1) is 0 Å². The molecule has 3 nitrogen and oxygen atoms in total. The average molecular weight is 237 g/mol. The van der Waals surface area contributed by atoms with E-state index in [0.29, 0.717) is 13.2 Å². The SMILES string of the molecule is FC(F)c1cc(Cl)n(C2CCOCC2)n1. The molecule has 0 unspecified atom stereocenters. The molecule has 0 spiro atoms. The minimum absolute atomic E-state index is 0.0822. The molecule has 1 saturated heterocycles. The zero-order valence-electron chi connectivity index (χ0n) is 8.00. The van der Waals surface area contributed by atoms with Crippen LogP contribution in [0.5, 0.6) is 0 Å². The Morgan fingerprint density at radius 3 is 2.67 bits per heavy atom. The van der Waals surface area contributed by atoms with Gasteiger partial charge in [-0.3, -0.25) is 4.68 Å². The third-order valence-electron chi connectivity index (χ3n) is 2.47. The lowest BCUT2D eigenvalue weighted by Gasteiger charge is -2.22. The van der Waals surface area contributed by atoms with Crippen molar-refractivity contribution in [1.29, 1.82) is 0 Å². The molecule has 0 saturated carbocycles. The van der Waals surface area contributed by atoms with E-state index in [9.17, 15) is 8.78 Å². The van der Waals surface area contributed by atoms with Crippen LogP contribution in [0.2, 0.25) is 5.15 Å². The minimum Gasteiger partial charge on any atom is -0.381 e. The minimum atomic E-state index is -2.57. The van der Waals surface area contributed by atoms with E-state index in [1.54, 1.807) is 0 Å². The Balaban J connectivity index is 2.19. The maximum atomic E-state index is 12.4. The fourth-order valence-corrected chi connectivity index (χ4v) is 1.97. The highest BCUT2D eigenvalue weighted by Crippen LogP contribution is 2.28. The molecule has 15 heavy (non-hydrogen) atoms. The van der Waals surface area contributed by atoms with E-state index in [0.717, 1.165) is 12.8 Å². The third-order valence-corrected chi connectivity index (χ3v) is 2.75. The molecule has 2 heterocycles. The normalized spacial score (nSPS) is 18.7. The van der Waals surface area contributed by atoms with Crippen molar-refractivity contribution < 1.29 is 13.5 Å². The second-order valence-corrected chi connectivity index (χ2v) is 3.87. The van der Waals surface area contributed by atoms with Crippen molar-refractivity contribution >= 4 is 11.6 Å². The summed E-state index contributed by atoms with van der Waals surface area (Å²) in [6.07, 6.45) is -1.03. The molecule has 0 atom stereocenters. The van der Waals surface area contributed by atoms with Gasteiger partial charge < -0.3 is 4.74 Å². The van der Waals surface area contributed by atoms with E-state index in [1.807, 2.05) is 0 Å². The lowest BCUT2D eigenvalue weighted by molar-refractivity contribution is 0.0655. The number of nitrogens with zero attached hydrogens (tertiary/aromatic N) is 2. The molecule has 1 fully saturated rings. The highest BCUT2D eigenvalue weighted by Gasteiger charge is 2.21. The summed E-state index contributed by atoms with van der Waals surface area (Å²) in [4.78, 5) is 0. The van der Waals surface area contributed by atoms with E-state index < -0.39 is 6.43 Å². The Morgan fingerprint density at radius 2 is 2.13 bits per heavy atom. The van der Waals surface area contributed by atoms with Crippen molar-refractivity contribution in [2.24, 2.45) is 0 Å². The molecule has 1 aromatic rings. The van der Waals surface area contributed by atoms with Crippen LogP contribution in [0.4, 0.5) is 8.78 Å². The molecule has 0 amide bonds. The van der Waals surface area contributed by atoms with Gasteiger partial charge in [-0.1, -0.05) is 11.6 Å². The maximum absolute atomic E-state index is 12.4. The second-order valence-electron chi connectivity index (χ2n) is 3.48. The highest BCUT2D eigenvalue weighted by molar-refractivity contribution is 6.29. The molecular formula is C9H11ClF2N2O. The van der Waals surface area contributed by atoms with Crippen LogP contribution in [0.1, 0.15) is 31.0 Å². The van der Waals surface area contributed by atoms with E-state index >= 15 is 0 Å². The van der Waals surface area contributed by atoms with Crippen LogP contribution in [0.25, 0.3) is 0 Å². The van der Waals surface area contributed by atoms with Crippen molar-refractivity contribution in [1.82, 2.24) is 9.78 Å². The lowest BCUT2D eigenvalue weighted by atomic mass is 10.1. The van der Waals surface area contributed by atoms with Gasteiger partial charge in [0.1, 0.15) is 10.8 Å². The van der Waals surface area contributed by atoms with Crippen LogP contribution in [-0.2, 0) is 4.74 Å². The number of hydrogen-bond donors (Lipinski definition) is 0. The predicted octanol–water partition coefficient (Wildman–Crippen LogP) is 2.83. The van der Waals surface area contributed by atoms with Crippen LogP contribution in [0.3, 0.4) is 0 Å². The zero-order chi connectivity index (χ0) is 10.8. The monoisotopic (exact) mass is 236 g/mol. The Bertz CT molecular complexity index is 337. The summed E-state index contributed by atoms with van der Waals surface area (Å²) in [5.41, 5.74) is -0.258. The van der Waals surface area contributed by atoms with Crippen molar-refractivity contribution in [3.8, 4) is 0 Å². The summed E-state index contributed by atoms with van der Waals surface area (Å²) in [7, 11) is 0. The Labute approximate surface area is 91.0 Å². The maximum Gasteiger partial charge on any atom is 0.282 e. The summed E-state index contributed by atoms with van der Waals surface area (Å²) >= 11 is 5.85. The van der Waals surface area contributed by atoms with E-state index in [1.165, 1.54) is 10.7 Å². The third kappa shape index (κ3) is 2.29. The topological polar surface area (TPSA) is 27.1 Å². The standard InChI is InChI=1S/C9H11ClF2N2O/c10-8-5-7(9(11)12)13-14(8)6-1-3-15-4-2-6/h5-6,9H,1-4H2. The molecule has 0 N–H and O–H groups in total. The number of hydrogen-bond acceptors (Lipinski definition) is 2. The molecule has 1 aliphatic heterocycles. The molecule has 2 rings (SSSR count). The Morgan fingerprint density at radius 1 is 1.47 bits per heavy atom. The van der Waals surface area contributed by atoms with Gasteiger partial charge in [-0.2, -0.15) is 5.10 Å². The number of alkyl halides is 2. The summed E-state index contributed by atoms with van der Waals surface area (Å²) in [6, 6.07) is 1.31. The first-order valence-electron chi connectivity index (χ1n) is 4.79. The van der Waals surface area contributed by atoms with Crippen molar-refractivity contribution in [3.63, 3.8) is 0 Å². The molecule has 84 valence electrons. The van der Waals surface area contributed by atoms with Crippen LogP contribution in [0.15, 0.2) is 6.07 Å². The summed E-state index contributed by atoms with van der Waals surface area (Å²) in [5, 5.41) is 4.09. The smallest absolute Gasteiger partial charge is 0.282 e. The average Bonchev–Trinajstić information content (AvgIpc) is 2.62. The molecule has 6 heteroatoms. The fraction of sp³-hybridized carbons (Fsp3) is 0.667. The van der Waals surface area contributed by atoms with Gasteiger partial charge in [0.25, 0.3) is 6.43 Å². The molecule has 0 aromatic carbocycles. The van der Waals surface area contributed by atoms with Gasteiger partial charge in [-0.15, -0.1) is 0 Å². The predicted molar refractivity (Wildman–Crippen MR) is 51.3 cm³/mol. The largest absolute Gasteiger partial charge is 0.381 e. The number of ether oxygens (including phenoxy) is 1. The summed E-state index contributed by atoms with van der Waals surface area (Å²) in [5.74, 6) is 0. The van der Waals surface area contributed by atoms with Crippen LogP contribution >= 0.6 is 11.6 Å². The molecule has 1 aliphatic rings. The number of aromatic nitrogens is 2. The van der Waals surface area contributed by atoms with Gasteiger partial charge >= 0.3 is 0 Å². The lowest BCUT2D eigenvalue weighted by Crippen LogP contribution is -2.20.